The number of benzene rings is 2. The molecule has 0 unspecified atom stereocenters. The zero-order chi connectivity index (χ0) is 22.5. The molecular formula is C25H34N2O3S. The summed E-state index contributed by atoms with van der Waals surface area (Å²) >= 11 is 1.56. The zero-order valence-electron chi connectivity index (χ0n) is 18.8. The lowest BCUT2D eigenvalue weighted by atomic mass is 10.1. The van der Waals surface area contributed by atoms with Crippen molar-refractivity contribution < 1.29 is 14.3 Å². The van der Waals surface area contributed by atoms with Crippen molar-refractivity contribution in [2.24, 2.45) is 0 Å². The minimum absolute atomic E-state index is 0.00687. The SMILES string of the molecule is CCCCNC(=O)[C@@H](C)N(CCc1ccccc1)C(=O)CSCc1ccc(OC)cc1. The Morgan fingerprint density at radius 2 is 1.77 bits per heavy atom. The third-order valence-electron chi connectivity index (χ3n) is 5.13. The fourth-order valence-corrected chi connectivity index (χ4v) is 4.04. The molecule has 5 nitrogen and oxygen atoms in total. The fraction of sp³-hybridized carbons (Fsp3) is 0.440. The normalized spacial score (nSPS) is 11.6. The van der Waals surface area contributed by atoms with Gasteiger partial charge < -0.3 is 15.0 Å². The third kappa shape index (κ3) is 8.66. The minimum Gasteiger partial charge on any atom is -0.497 e. The molecule has 0 aliphatic carbocycles. The first kappa shape index (κ1) is 24.8. The Bertz CT molecular complexity index is 796. The molecular weight excluding hydrogens is 408 g/mol. The van der Waals surface area contributed by atoms with E-state index in [-0.39, 0.29) is 11.8 Å². The molecule has 0 radical (unpaired) electrons. The van der Waals surface area contributed by atoms with Crippen LogP contribution in [0.15, 0.2) is 54.6 Å². The van der Waals surface area contributed by atoms with Crippen LogP contribution in [-0.4, -0.2) is 48.7 Å². The maximum Gasteiger partial charge on any atom is 0.242 e. The molecule has 0 aromatic heterocycles. The summed E-state index contributed by atoms with van der Waals surface area (Å²) in [4.78, 5) is 27.4. The van der Waals surface area contributed by atoms with E-state index in [9.17, 15) is 9.59 Å². The predicted octanol–water partition coefficient (Wildman–Crippen LogP) is 4.30. The third-order valence-corrected chi connectivity index (χ3v) is 6.12. The monoisotopic (exact) mass is 442 g/mol. The number of hydrogen-bond donors (Lipinski definition) is 1. The summed E-state index contributed by atoms with van der Waals surface area (Å²) in [7, 11) is 1.64. The van der Waals surface area contributed by atoms with Crippen LogP contribution in [0.3, 0.4) is 0 Å². The van der Waals surface area contributed by atoms with Gasteiger partial charge in [0.25, 0.3) is 0 Å². The van der Waals surface area contributed by atoms with Gasteiger partial charge in [-0.3, -0.25) is 9.59 Å². The molecule has 0 bridgehead atoms. The Morgan fingerprint density at radius 1 is 1.06 bits per heavy atom. The summed E-state index contributed by atoms with van der Waals surface area (Å²) in [6.45, 7) is 5.07. The molecule has 0 saturated heterocycles. The number of thioether (sulfide) groups is 1. The quantitative estimate of drug-likeness (QED) is 0.470. The van der Waals surface area contributed by atoms with Crippen LogP contribution in [0.4, 0.5) is 0 Å². The summed E-state index contributed by atoms with van der Waals surface area (Å²) in [6, 6.07) is 17.4. The first-order valence-corrected chi connectivity index (χ1v) is 12.0. The van der Waals surface area contributed by atoms with Gasteiger partial charge in [0.2, 0.25) is 11.8 Å². The molecule has 0 aliphatic heterocycles. The van der Waals surface area contributed by atoms with Gasteiger partial charge in [-0.1, -0.05) is 55.8 Å². The average Bonchev–Trinajstić information content (AvgIpc) is 2.80. The average molecular weight is 443 g/mol. The first-order chi connectivity index (χ1) is 15.0. The Morgan fingerprint density at radius 3 is 2.42 bits per heavy atom. The van der Waals surface area contributed by atoms with Crippen molar-refractivity contribution in [3.63, 3.8) is 0 Å². The highest BCUT2D eigenvalue weighted by Crippen LogP contribution is 2.17. The molecule has 1 N–H and O–H groups in total. The summed E-state index contributed by atoms with van der Waals surface area (Å²) in [5.74, 6) is 1.80. The molecule has 0 fully saturated rings. The van der Waals surface area contributed by atoms with E-state index in [0.717, 1.165) is 41.9 Å². The molecule has 2 aromatic rings. The molecule has 31 heavy (non-hydrogen) atoms. The lowest BCUT2D eigenvalue weighted by Gasteiger charge is -2.28. The molecule has 0 spiro atoms. The fourth-order valence-electron chi connectivity index (χ4n) is 3.17. The van der Waals surface area contributed by atoms with Crippen molar-refractivity contribution in [1.82, 2.24) is 10.2 Å². The lowest BCUT2D eigenvalue weighted by Crippen LogP contribution is -2.49. The number of methoxy groups -OCH3 is 1. The van der Waals surface area contributed by atoms with Crippen LogP contribution in [0, 0.1) is 0 Å². The van der Waals surface area contributed by atoms with E-state index in [1.54, 1.807) is 23.8 Å². The van der Waals surface area contributed by atoms with Gasteiger partial charge in [-0.2, -0.15) is 0 Å². The van der Waals surface area contributed by atoms with Crippen molar-refractivity contribution >= 4 is 23.6 Å². The van der Waals surface area contributed by atoms with E-state index in [4.69, 9.17) is 4.74 Å². The van der Waals surface area contributed by atoms with E-state index in [1.165, 1.54) is 0 Å². The second-order valence-corrected chi connectivity index (χ2v) is 8.47. The first-order valence-electron chi connectivity index (χ1n) is 10.9. The molecule has 1 atom stereocenters. The largest absolute Gasteiger partial charge is 0.497 e. The van der Waals surface area contributed by atoms with Gasteiger partial charge in [-0.15, -0.1) is 11.8 Å². The van der Waals surface area contributed by atoms with Gasteiger partial charge in [0.15, 0.2) is 0 Å². The van der Waals surface area contributed by atoms with Crippen molar-refractivity contribution in [2.75, 3.05) is 26.0 Å². The molecule has 2 amide bonds. The maximum absolute atomic E-state index is 13.0. The lowest BCUT2D eigenvalue weighted by molar-refractivity contribution is -0.137. The summed E-state index contributed by atoms with van der Waals surface area (Å²) in [5.41, 5.74) is 2.30. The molecule has 2 aromatic carbocycles. The van der Waals surface area contributed by atoms with Gasteiger partial charge >= 0.3 is 0 Å². The van der Waals surface area contributed by atoms with Crippen LogP contribution in [0.5, 0.6) is 5.75 Å². The Labute approximate surface area is 190 Å². The molecule has 2 rings (SSSR count). The van der Waals surface area contributed by atoms with Gasteiger partial charge in [-0.25, -0.2) is 0 Å². The van der Waals surface area contributed by atoms with E-state index < -0.39 is 6.04 Å². The van der Waals surface area contributed by atoms with Gasteiger partial charge in [0, 0.05) is 18.8 Å². The van der Waals surface area contributed by atoms with Gasteiger partial charge in [0.05, 0.1) is 12.9 Å². The molecule has 0 heterocycles. The van der Waals surface area contributed by atoms with Crippen LogP contribution >= 0.6 is 11.8 Å². The Balaban J connectivity index is 1.95. The van der Waals surface area contributed by atoms with Crippen LogP contribution < -0.4 is 10.1 Å². The topological polar surface area (TPSA) is 58.6 Å². The molecule has 168 valence electrons. The highest BCUT2D eigenvalue weighted by atomic mass is 32.2. The van der Waals surface area contributed by atoms with Crippen molar-refractivity contribution in [3.05, 3.63) is 65.7 Å². The zero-order valence-corrected chi connectivity index (χ0v) is 19.6. The van der Waals surface area contributed by atoms with Crippen molar-refractivity contribution in [2.45, 2.75) is 44.9 Å². The molecule has 0 saturated carbocycles. The van der Waals surface area contributed by atoms with Gasteiger partial charge in [0.1, 0.15) is 11.8 Å². The minimum atomic E-state index is -0.491. The Hall–Kier alpha value is -2.47. The number of ether oxygens (including phenoxy) is 1. The van der Waals surface area contributed by atoms with Crippen LogP contribution in [0.25, 0.3) is 0 Å². The van der Waals surface area contributed by atoms with E-state index in [1.807, 2.05) is 61.5 Å². The van der Waals surface area contributed by atoms with Crippen molar-refractivity contribution in [3.8, 4) is 5.75 Å². The number of nitrogens with one attached hydrogen (secondary N) is 1. The smallest absolute Gasteiger partial charge is 0.242 e. The van der Waals surface area contributed by atoms with Crippen molar-refractivity contribution in [1.29, 1.82) is 0 Å². The van der Waals surface area contributed by atoms with Gasteiger partial charge in [-0.05, 0) is 43.0 Å². The maximum atomic E-state index is 13.0. The number of carbonyl (C=O) groups is 2. The van der Waals surface area contributed by atoms with Crippen LogP contribution in [-0.2, 0) is 21.8 Å². The highest BCUT2D eigenvalue weighted by Gasteiger charge is 2.25. The van der Waals surface area contributed by atoms with E-state index >= 15 is 0 Å². The second kappa shape index (κ2) is 13.8. The number of rotatable bonds is 13. The number of unbranched alkanes of at least 4 members (excludes halogenated alkanes) is 1. The summed E-state index contributed by atoms with van der Waals surface area (Å²) in [5, 5.41) is 2.96. The van der Waals surface area contributed by atoms with Crippen LogP contribution in [0.2, 0.25) is 0 Å². The number of amides is 2. The second-order valence-electron chi connectivity index (χ2n) is 7.48. The summed E-state index contributed by atoms with van der Waals surface area (Å²) in [6.07, 6.45) is 2.68. The number of nitrogens with zero attached hydrogens (tertiary/aromatic N) is 1. The number of carbonyl (C=O) groups excluding carboxylic acids is 2. The van der Waals surface area contributed by atoms with E-state index in [2.05, 4.69) is 12.2 Å². The van der Waals surface area contributed by atoms with Crippen LogP contribution in [0.1, 0.15) is 37.8 Å². The standard InChI is InChI=1S/C25H34N2O3S/c1-4-5-16-26-25(29)20(2)27(17-15-21-9-7-6-8-10-21)24(28)19-31-18-22-11-13-23(30-3)14-12-22/h6-14,20H,4-5,15-19H2,1-3H3,(H,26,29)/t20-/m1/s1. The number of hydrogen-bond acceptors (Lipinski definition) is 4. The summed E-state index contributed by atoms with van der Waals surface area (Å²) < 4.78 is 5.19. The predicted molar refractivity (Wildman–Crippen MR) is 128 cm³/mol. The molecule has 6 heteroatoms. The Kier molecular flexibility index (Phi) is 11.0. The highest BCUT2D eigenvalue weighted by molar-refractivity contribution is 7.99. The van der Waals surface area contributed by atoms with E-state index in [0.29, 0.717) is 18.8 Å². The molecule has 0 aliphatic rings.